The molecule has 3 nitrogen and oxygen atoms in total. The molecule has 0 aromatic heterocycles. The largest absolute Gasteiger partial charge is 0.393 e. The molecule has 3 heteroatoms. The second-order valence-corrected chi connectivity index (χ2v) is 14.2. The van der Waals surface area contributed by atoms with E-state index in [-0.39, 0.29) is 6.10 Å². The summed E-state index contributed by atoms with van der Waals surface area (Å²) in [5.41, 5.74) is 1.27. The van der Waals surface area contributed by atoms with Gasteiger partial charge in [-0.15, -0.1) is 0 Å². The van der Waals surface area contributed by atoms with Crippen molar-refractivity contribution >= 4 is 0 Å². The van der Waals surface area contributed by atoms with Crippen molar-refractivity contribution in [1.82, 2.24) is 0 Å². The van der Waals surface area contributed by atoms with E-state index in [1.807, 2.05) is 0 Å². The third-order valence-corrected chi connectivity index (χ3v) is 10.7. The molecule has 8 atom stereocenters. The number of hydrogen-bond donors (Lipinski definition) is 1. The van der Waals surface area contributed by atoms with E-state index in [9.17, 15) is 5.11 Å². The summed E-state index contributed by atoms with van der Waals surface area (Å²) < 4.78 is 2.17. The molecule has 0 radical (unpaired) electrons. The number of nitrogens with zero attached hydrogens (tertiary/aromatic N) is 2. The molecule has 0 spiro atoms. The first-order chi connectivity index (χ1) is 13.2. The Morgan fingerprint density at radius 3 is 2.10 bits per heavy atom. The average Bonchev–Trinajstić information content (AvgIpc) is 2.92. The highest BCUT2D eigenvalue weighted by molar-refractivity contribution is 5.13. The van der Waals surface area contributed by atoms with E-state index in [2.05, 4.69) is 56.1 Å². The maximum absolute atomic E-state index is 10.7. The minimum absolute atomic E-state index is 0.0749. The first kappa shape index (κ1) is 22.1. The Labute approximate surface area is 181 Å². The van der Waals surface area contributed by atoms with Gasteiger partial charge in [-0.25, -0.2) is 0 Å². The van der Waals surface area contributed by atoms with Crippen molar-refractivity contribution < 1.29 is 14.1 Å². The molecular weight excluding hydrogens is 356 g/mol. The van der Waals surface area contributed by atoms with E-state index >= 15 is 0 Å². The second kappa shape index (κ2) is 6.69. The van der Waals surface area contributed by atoms with Crippen molar-refractivity contribution in [2.45, 2.75) is 83.8 Å². The highest BCUT2D eigenvalue weighted by atomic mass is 16.3. The quantitative estimate of drug-likeness (QED) is 0.682. The van der Waals surface area contributed by atoms with Crippen LogP contribution in [-0.4, -0.2) is 75.0 Å². The van der Waals surface area contributed by atoms with Crippen LogP contribution < -0.4 is 0 Å². The highest BCUT2D eigenvalue weighted by Gasteiger charge is 2.67. The highest BCUT2D eigenvalue weighted by Crippen LogP contribution is 2.70. The van der Waals surface area contributed by atoms with Crippen LogP contribution in [0, 0.1) is 34.0 Å². The number of hydrogen-bond acceptors (Lipinski definition) is 1. The summed E-state index contributed by atoms with van der Waals surface area (Å²) in [4.78, 5) is 0. The van der Waals surface area contributed by atoms with Crippen molar-refractivity contribution in [3.05, 3.63) is 0 Å². The van der Waals surface area contributed by atoms with Crippen molar-refractivity contribution in [2.75, 3.05) is 48.8 Å². The topological polar surface area (TPSA) is 20.2 Å². The van der Waals surface area contributed by atoms with E-state index in [0.29, 0.717) is 16.2 Å². The van der Waals surface area contributed by atoms with Gasteiger partial charge in [0.1, 0.15) is 0 Å². The number of fused-ring (bicyclic) bond motifs is 5. The molecule has 1 unspecified atom stereocenters. The Bertz CT molecular complexity index is 634. The third kappa shape index (κ3) is 3.33. The molecule has 0 aromatic rings. The lowest BCUT2D eigenvalue weighted by atomic mass is 9.40. The van der Waals surface area contributed by atoms with Gasteiger partial charge in [0.25, 0.3) is 0 Å². The Morgan fingerprint density at radius 2 is 1.48 bits per heavy atom. The fourth-order valence-electron chi connectivity index (χ4n) is 9.88. The summed E-state index contributed by atoms with van der Waals surface area (Å²) in [6.07, 6.45) is 11.7. The molecule has 0 bridgehead atoms. The summed E-state index contributed by atoms with van der Waals surface area (Å²) >= 11 is 0. The van der Waals surface area contributed by atoms with Crippen LogP contribution in [0.1, 0.15) is 71.6 Å². The zero-order chi connectivity index (χ0) is 21.5. The molecule has 0 amide bonds. The first-order valence-corrected chi connectivity index (χ1v) is 12.5. The van der Waals surface area contributed by atoms with Gasteiger partial charge in [0.15, 0.2) is 0 Å². The molecule has 0 saturated heterocycles. The van der Waals surface area contributed by atoms with E-state index in [0.717, 1.165) is 45.6 Å². The van der Waals surface area contributed by atoms with Crippen LogP contribution in [-0.2, 0) is 0 Å². The van der Waals surface area contributed by atoms with Crippen LogP contribution in [0.2, 0.25) is 0 Å². The summed E-state index contributed by atoms with van der Waals surface area (Å²) in [5.74, 6) is 2.72. The molecule has 4 aliphatic carbocycles. The first-order valence-electron chi connectivity index (χ1n) is 12.5. The van der Waals surface area contributed by atoms with E-state index < -0.39 is 0 Å². The molecule has 1 N–H and O–H groups in total. The van der Waals surface area contributed by atoms with Gasteiger partial charge >= 0.3 is 0 Å². The van der Waals surface area contributed by atoms with Crippen molar-refractivity contribution in [3.63, 3.8) is 0 Å². The maximum Gasteiger partial charge on any atom is 0.0941 e. The Hall–Kier alpha value is -0.120. The van der Waals surface area contributed by atoms with Crippen LogP contribution in [0.15, 0.2) is 0 Å². The van der Waals surface area contributed by atoms with Gasteiger partial charge in [-0.2, -0.15) is 0 Å². The lowest BCUT2D eigenvalue weighted by Crippen LogP contribution is -2.64. The van der Waals surface area contributed by atoms with Crippen LogP contribution in [0.4, 0.5) is 0 Å². The van der Waals surface area contributed by atoms with Crippen molar-refractivity contribution in [2.24, 2.45) is 34.0 Å². The van der Waals surface area contributed by atoms with Gasteiger partial charge in [-0.3, -0.25) is 0 Å². The standard InChI is InChI=1S/C26H50N2O/c1-24-14-13-22-20(21(24)9-10-23(24)28(6,7)8)12-16-26(18-27(3,4)5)17-19(29)11-15-25(22,26)2/h19-23,29H,9-18H2,1-8H3/q+2/t19?,20-,21-,22-,23-,24-,25+,26+/m0/s1. The maximum atomic E-state index is 10.7. The predicted octanol–water partition coefficient (Wildman–Crippen LogP) is 4.54. The van der Waals surface area contributed by atoms with E-state index in [1.165, 1.54) is 51.5 Å². The SMILES string of the molecule is C[C@]12CC[C@H]3[C@@H](CC[C@]4(C[N+](C)(C)C)CC(O)CC[C@]34C)[C@@H]1CC[C@@H]2[N+](C)(C)C. The van der Waals surface area contributed by atoms with Crippen molar-refractivity contribution in [3.8, 4) is 0 Å². The van der Waals surface area contributed by atoms with Gasteiger partial charge in [0.05, 0.1) is 61.0 Å². The summed E-state index contributed by atoms with van der Waals surface area (Å²) in [6.45, 7) is 6.56. The molecule has 168 valence electrons. The fourth-order valence-corrected chi connectivity index (χ4v) is 9.88. The molecule has 4 rings (SSSR count). The Morgan fingerprint density at radius 1 is 0.793 bits per heavy atom. The zero-order valence-electron chi connectivity index (χ0n) is 20.8. The Kier molecular flexibility index (Phi) is 5.09. The monoisotopic (exact) mass is 406 g/mol. The van der Waals surface area contributed by atoms with E-state index in [1.54, 1.807) is 0 Å². The molecule has 4 saturated carbocycles. The Balaban J connectivity index is 1.67. The van der Waals surface area contributed by atoms with Crippen LogP contribution in [0.5, 0.6) is 0 Å². The van der Waals surface area contributed by atoms with E-state index in [4.69, 9.17) is 0 Å². The molecular formula is C26H50N2O+2. The van der Waals surface area contributed by atoms with Gasteiger partial charge in [0.2, 0.25) is 0 Å². The summed E-state index contributed by atoms with van der Waals surface area (Å²) in [7, 11) is 14.4. The normalized spacial score (nSPS) is 50.6. The van der Waals surface area contributed by atoms with Crippen LogP contribution in [0.25, 0.3) is 0 Å². The average molecular weight is 407 g/mol. The number of quaternary nitrogens is 2. The van der Waals surface area contributed by atoms with Crippen LogP contribution in [0.3, 0.4) is 0 Å². The van der Waals surface area contributed by atoms with Gasteiger partial charge in [-0.05, 0) is 74.5 Å². The summed E-state index contributed by atoms with van der Waals surface area (Å²) in [5, 5.41) is 10.7. The fraction of sp³-hybridized carbons (Fsp3) is 1.00. The molecule has 4 aliphatic rings. The lowest BCUT2D eigenvalue weighted by Gasteiger charge is -2.66. The number of aliphatic hydroxyl groups excluding tert-OH is 1. The molecule has 29 heavy (non-hydrogen) atoms. The minimum Gasteiger partial charge on any atom is -0.393 e. The molecule has 0 aromatic carbocycles. The lowest BCUT2D eigenvalue weighted by molar-refractivity contribution is -0.903. The molecule has 0 heterocycles. The predicted molar refractivity (Wildman–Crippen MR) is 121 cm³/mol. The minimum atomic E-state index is -0.0749. The zero-order valence-corrected chi connectivity index (χ0v) is 20.8. The molecule has 4 fully saturated rings. The number of rotatable bonds is 3. The second-order valence-electron chi connectivity index (χ2n) is 14.2. The van der Waals surface area contributed by atoms with Gasteiger partial charge in [0, 0.05) is 17.3 Å². The smallest absolute Gasteiger partial charge is 0.0941 e. The van der Waals surface area contributed by atoms with Gasteiger partial charge in [-0.1, -0.05) is 13.8 Å². The third-order valence-electron chi connectivity index (χ3n) is 10.7. The molecule has 0 aliphatic heterocycles. The van der Waals surface area contributed by atoms with Gasteiger partial charge < -0.3 is 14.1 Å². The van der Waals surface area contributed by atoms with Crippen molar-refractivity contribution in [1.29, 1.82) is 0 Å². The van der Waals surface area contributed by atoms with Crippen LogP contribution >= 0.6 is 0 Å². The summed E-state index contributed by atoms with van der Waals surface area (Å²) in [6, 6.07) is 0.826. The number of aliphatic hydroxyl groups is 1.